The fourth-order valence-electron chi connectivity index (χ4n) is 3.80. The fourth-order valence-corrected chi connectivity index (χ4v) is 5.07. The third kappa shape index (κ3) is 3.82. The second-order valence-corrected chi connectivity index (χ2v) is 8.13. The van der Waals surface area contributed by atoms with Gasteiger partial charge in [-0.05, 0) is 50.8 Å². The molecule has 0 saturated heterocycles. The van der Waals surface area contributed by atoms with Gasteiger partial charge in [0.25, 0.3) is 5.56 Å². The minimum atomic E-state index is 0.211. The monoisotopic (exact) mass is 361 g/mol. The van der Waals surface area contributed by atoms with E-state index in [2.05, 4.69) is 25.7 Å². The first-order valence-corrected chi connectivity index (χ1v) is 10.8. The zero-order valence-corrected chi connectivity index (χ0v) is 16.8. The molecule has 2 aromatic heterocycles. The van der Waals surface area contributed by atoms with E-state index < -0.39 is 0 Å². The molecule has 0 unspecified atom stereocenters. The number of aryl methyl sites for hydroxylation is 2. The van der Waals surface area contributed by atoms with Crippen LogP contribution in [0.15, 0.2) is 4.79 Å². The second kappa shape index (κ2) is 8.45. The Hall–Kier alpha value is -1.20. The summed E-state index contributed by atoms with van der Waals surface area (Å²) in [6.45, 7) is 10.1. The van der Waals surface area contributed by atoms with E-state index >= 15 is 0 Å². The summed E-state index contributed by atoms with van der Waals surface area (Å²) in [7, 11) is 0. The van der Waals surface area contributed by atoms with Crippen LogP contribution in [0.4, 0.5) is 0 Å². The van der Waals surface area contributed by atoms with Crippen LogP contribution in [0.3, 0.4) is 0 Å². The summed E-state index contributed by atoms with van der Waals surface area (Å²) in [4.78, 5) is 23.1. The third-order valence-electron chi connectivity index (χ3n) is 5.40. The molecule has 0 aromatic carbocycles. The molecular formula is C20H31N3OS. The lowest BCUT2D eigenvalue weighted by molar-refractivity contribution is 0.281. The van der Waals surface area contributed by atoms with Gasteiger partial charge in [0, 0.05) is 11.4 Å². The standard InChI is InChI=1S/C20H31N3OS/c1-4-7-10-13-23-17(14-22(5-2)6-3)21-19-18(20(23)24)15-11-8-9-12-16(15)25-19/h4-14H2,1-3H3. The van der Waals surface area contributed by atoms with Gasteiger partial charge in [0.05, 0.1) is 11.9 Å². The number of fused-ring (bicyclic) bond motifs is 3. The van der Waals surface area contributed by atoms with Gasteiger partial charge in [0.1, 0.15) is 10.7 Å². The van der Waals surface area contributed by atoms with Crippen LogP contribution in [0.2, 0.25) is 0 Å². The summed E-state index contributed by atoms with van der Waals surface area (Å²) in [5, 5.41) is 0.930. The average molecular weight is 362 g/mol. The lowest BCUT2D eigenvalue weighted by Crippen LogP contribution is -2.31. The number of aromatic nitrogens is 2. The van der Waals surface area contributed by atoms with Crippen molar-refractivity contribution in [3.8, 4) is 0 Å². The molecule has 1 aliphatic rings. The third-order valence-corrected chi connectivity index (χ3v) is 6.58. The van der Waals surface area contributed by atoms with Crippen molar-refractivity contribution in [1.82, 2.24) is 14.5 Å². The highest BCUT2D eigenvalue weighted by Crippen LogP contribution is 2.33. The van der Waals surface area contributed by atoms with Crippen molar-refractivity contribution >= 4 is 21.6 Å². The maximum atomic E-state index is 13.3. The van der Waals surface area contributed by atoms with Crippen LogP contribution >= 0.6 is 11.3 Å². The molecule has 1 aliphatic carbocycles. The van der Waals surface area contributed by atoms with E-state index in [4.69, 9.17) is 4.98 Å². The molecule has 25 heavy (non-hydrogen) atoms. The number of hydrogen-bond donors (Lipinski definition) is 0. The molecule has 5 heteroatoms. The molecule has 2 aromatic rings. The molecule has 0 amide bonds. The van der Waals surface area contributed by atoms with E-state index in [9.17, 15) is 4.79 Å². The predicted octanol–water partition coefficient (Wildman–Crippen LogP) is 4.37. The Balaban J connectivity index is 2.08. The van der Waals surface area contributed by atoms with Crippen LogP contribution in [0.25, 0.3) is 10.2 Å². The highest BCUT2D eigenvalue weighted by molar-refractivity contribution is 7.18. The Labute approximate surface area is 154 Å². The van der Waals surface area contributed by atoms with Gasteiger partial charge in [-0.3, -0.25) is 14.3 Å². The Bertz CT molecular complexity index is 773. The average Bonchev–Trinajstić information content (AvgIpc) is 3.00. The number of nitrogens with zero attached hydrogens (tertiary/aromatic N) is 3. The van der Waals surface area contributed by atoms with Gasteiger partial charge in [-0.2, -0.15) is 0 Å². The molecule has 0 saturated carbocycles. The smallest absolute Gasteiger partial charge is 0.262 e. The van der Waals surface area contributed by atoms with E-state index in [1.54, 1.807) is 11.3 Å². The van der Waals surface area contributed by atoms with Crippen LogP contribution < -0.4 is 5.56 Å². The summed E-state index contributed by atoms with van der Waals surface area (Å²) < 4.78 is 1.98. The summed E-state index contributed by atoms with van der Waals surface area (Å²) >= 11 is 1.76. The Morgan fingerprint density at radius 1 is 1.12 bits per heavy atom. The van der Waals surface area contributed by atoms with Crippen LogP contribution in [-0.2, 0) is 25.9 Å². The Morgan fingerprint density at radius 3 is 2.60 bits per heavy atom. The quantitative estimate of drug-likeness (QED) is 0.655. The van der Waals surface area contributed by atoms with Gasteiger partial charge in [-0.1, -0.05) is 33.6 Å². The fraction of sp³-hybridized carbons (Fsp3) is 0.700. The van der Waals surface area contributed by atoms with Gasteiger partial charge in [0.15, 0.2) is 0 Å². The van der Waals surface area contributed by atoms with Crippen molar-refractivity contribution in [2.24, 2.45) is 0 Å². The number of unbranched alkanes of at least 4 members (excludes halogenated alkanes) is 2. The van der Waals surface area contributed by atoms with Crippen molar-refractivity contribution < 1.29 is 0 Å². The molecule has 0 aliphatic heterocycles. The maximum Gasteiger partial charge on any atom is 0.262 e. The van der Waals surface area contributed by atoms with E-state index in [1.165, 1.54) is 29.7 Å². The molecular weight excluding hydrogens is 330 g/mol. The normalized spacial score (nSPS) is 14.4. The highest BCUT2D eigenvalue weighted by atomic mass is 32.1. The van der Waals surface area contributed by atoms with Crippen molar-refractivity contribution in [3.05, 3.63) is 26.6 Å². The molecule has 0 N–H and O–H groups in total. The first-order chi connectivity index (χ1) is 12.2. The van der Waals surface area contributed by atoms with Crippen LogP contribution in [0, 0.1) is 0 Å². The van der Waals surface area contributed by atoms with Crippen molar-refractivity contribution in [3.63, 3.8) is 0 Å². The van der Waals surface area contributed by atoms with Gasteiger partial charge >= 0.3 is 0 Å². The van der Waals surface area contributed by atoms with Gasteiger partial charge in [-0.25, -0.2) is 4.98 Å². The molecule has 138 valence electrons. The summed E-state index contributed by atoms with van der Waals surface area (Å²) in [5.41, 5.74) is 1.52. The topological polar surface area (TPSA) is 38.1 Å². The lowest BCUT2D eigenvalue weighted by atomic mass is 9.97. The molecule has 2 heterocycles. The number of hydrogen-bond acceptors (Lipinski definition) is 4. The molecule has 0 spiro atoms. The highest BCUT2D eigenvalue weighted by Gasteiger charge is 2.22. The van der Waals surface area contributed by atoms with Crippen LogP contribution in [0.5, 0.6) is 0 Å². The molecule has 4 nitrogen and oxygen atoms in total. The maximum absolute atomic E-state index is 13.3. The molecule has 0 atom stereocenters. The SMILES string of the molecule is CCCCCn1c(CN(CC)CC)nc2sc3c(c2c1=O)CCCC3. The first-order valence-electron chi connectivity index (χ1n) is 9.95. The van der Waals surface area contributed by atoms with Gasteiger partial charge in [0.2, 0.25) is 0 Å². The minimum absolute atomic E-state index is 0.211. The zero-order chi connectivity index (χ0) is 17.8. The number of thiophene rings is 1. The zero-order valence-electron chi connectivity index (χ0n) is 15.9. The summed E-state index contributed by atoms with van der Waals surface area (Å²) in [5.74, 6) is 0.955. The van der Waals surface area contributed by atoms with Crippen LogP contribution in [0.1, 0.15) is 69.1 Å². The van der Waals surface area contributed by atoms with Gasteiger partial charge < -0.3 is 0 Å². The largest absolute Gasteiger partial charge is 0.297 e. The summed E-state index contributed by atoms with van der Waals surface area (Å²) in [6, 6.07) is 0. The second-order valence-electron chi connectivity index (χ2n) is 7.04. The van der Waals surface area contributed by atoms with Crippen molar-refractivity contribution in [1.29, 1.82) is 0 Å². The molecule has 0 fully saturated rings. The van der Waals surface area contributed by atoms with E-state index in [0.717, 1.165) is 67.9 Å². The Morgan fingerprint density at radius 2 is 1.88 bits per heavy atom. The molecule has 0 radical (unpaired) electrons. The van der Waals surface area contributed by atoms with Crippen molar-refractivity contribution in [2.45, 2.75) is 78.8 Å². The first kappa shape index (κ1) is 18.6. The summed E-state index contributed by atoms with van der Waals surface area (Å²) in [6.07, 6.45) is 8.02. The molecule has 3 rings (SSSR count). The molecule has 0 bridgehead atoms. The lowest BCUT2D eigenvalue weighted by Gasteiger charge is -2.20. The Kier molecular flexibility index (Phi) is 6.29. The number of rotatable bonds is 8. The van der Waals surface area contributed by atoms with E-state index in [-0.39, 0.29) is 5.56 Å². The van der Waals surface area contributed by atoms with E-state index in [0.29, 0.717) is 0 Å². The predicted molar refractivity (Wildman–Crippen MR) is 107 cm³/mol. The van der Waals surface area contributed by atoms with Crippen LogP contribution in [-0.4, -0.2) is 27.5 Å². The van der Waals surface area contributed by atoms with E-state index in [1.807, 2.05) is 4.57 Å². The minimum Gasteiger partial charge on any atom is -0.297 e. The van der Waals surface area contributed by atoms with Crippen molar-refractivity contribution in [2.75, 3.05) is 13.1 Å². The van der Waals surface area contributed by atoms with Gasteiger partial charge in [-0.15, -0.1) is 11.3 Å².